The fraction of sp³-hybridized carbons (Fsp3) is 0.214. The summed E-state index contributed by atoms with van der Waals surface area (Å²) < 4.78 is 0.934. The first kappa shape index (κ1) is 11.2. The molecule has 1 aromatic carbocycles. The topological polar surface area (TPSA) is 17.1 Å². The molecule has 1 aliphatic rings. The molecule has 0 fully saturated rings. The fourth-order valence-electron chi connectivity index (χ4n) is 2.42. The molecular weight excluding hydrogens is 296 g/mol. The lowest BCUT2D eigenvalue weighted by Crippen LogP contribution is -2.14. The lowest BCUT2D eigenvalue weighted by Gasteiger charge is -2.06. The molecule has 2 aromatic rings. The van der Waals surface area contributed by atoms with Crippen LogP contribution in [0.25, 0.3) is 0 Å². The number of hydrogen-bond acceptors (Lipinski definition) is 2. The molecule has 0 saturated carbocycles. The van der Waals surface area contributed by atoms with E-state index < -0.39 is 0 Å². The van der Waals surface area contributed by atoms with E-state index in [4.69, 9.17) is 0 Å². The Hall–Kier alpha value is -0.930. The number of halogens is 1. The molecule has 1 nitrogen and oxygen atoms in total. The smallest absolute Gasteiger partial charge is 0.168 e. The molecule has 0 amide bonds. The second kappa shape index (κ2) is 4.39. The number of thiophene rings is 1. The molecule has 1 heterocycles. The molecule has 0 bridgehead atoms. The highest BCUT2D eigenvalue weighted by Crippen LogP contribution is 2.32. The van der Waals surface area contributed by atoms with Crippen molar-refractivity contribution in [1.29, 1.82) is 0 Å². The maximum atomic E-state index is 12.4. The van der Waals surface area contributed by atoms with E-state index in [-0.39, 0.29) is 11.7 Å². The first-order valence-electron chi connectivity index (χ1n) is 5.58. The Labute approximate surface area is 113 Å². The minimum atomic E-state index is 0.123. The predicted molar refractivity (Wildman–Crippen MR) is 73.7 cm³/mol. The third-order valence-corrected chi connectivity index (χ3v) is 5.00. The molecule has 0 radical (unpaired) electrons. The quantitative estimate of drug-likeness (QED) is 0.763. The van der Waals surface area contributed by atoms with Gasteiger partial charge in [0.05, 0.1) is 0 Å². The summed E-state index contributed by atoms with van der Waals surface area (Å²) in [5, 5.41) is 3.91. The summed E-state index contributed by atoms with van der Waals surface area (Å²) in [4.78, 5) is 12.4. The molecule has 0 spiro atoms. The van der Waals surface area contributed by atoms with Crippen LogP contribution < -0.4 is 0 Å². The number of Topliss-reactive ketones (excluding diaryl/α,β-unsaturated/α-hetero) is 1. The van der Waals surface area contributed by atoms with Crippen LogP contribution in [0.1, 0.15) is 21.5 Å². The van der Waals surface area contributed by atoms with Gasteiger partial charge in [0.1, 0.15) is 0 Å². The average molecular weight is 307 g/mol. The third-order valence-electron chi connectivity index (χ3n) is 3.30. The third kappa shape index (κ3) is 1.98. The van der Waals surface area contributed by atoms with Crippen molar-refractivity contribution in [3.8, 4) is 0 Å². The normalized spacial score (nSPS) is 14.9. The van der Waals surface area contributed by atoms with Crippen LogP contribution in [-0.2, 0) is 12.8 Å². The van der Waals surface area contributed by atoms with Crippen LogP contribution >= 0.6 is 27.3 Å². The zero-order chi connectivity index (χ0) is 11.8. The van der Waals surface area contributed by atoms with Crippen molar-refractivity contribution in [2.45, 2.75) is 12.8 Å². The maximum Gasteiger partial charge on any atom is 0.168 e. The monoisotopic (exact) mass is 306 g/mol. The highest BCUT2D eigenvalue weighted by molar-refractivity contribution is 9.10. The molecule has 1 aliphatic carbocycles. The van der Waals surface area contributed by atoms with E-state index in [1.165, 1.54) is 11.1 Å². The Balaban J connectivity index is 1.86. The summed E-state index contributed by atoms with van der Waals surface area (Å²) in [6.07, 6.45) is 1.77. The maximum absolute atomic E-state index is 12.4. The SMILES string of the molecule is O=C(c1cscc1Br)C1Cc2ccccc2C1. The highest BCUT2D eigenvalue weighted by Gasteiger charge is 2.28. The average Bonchev–Trinajstić information content (AvgIpc) is 2.93. The van der Waals surface area contributed by atoms with Gasteiger partial charge in [-0.15, -0.1) is 0 Å². The summed E-state index contributed by atoms with van der Waals surface area (Å²) in [7, 11) is 0. The van der Waals surface area contributed by atoms with Crippen molar-refractivity contribution in [2.24, 2.45) is 5.92 Å². The predicted octanol–water partition coefficient (Wildman–Crippen LogP) is 4.11. The molecule has 0 atom stereocenters. The van der Waals surface area contributed by atoms with E-state index in [0.717, 1.165) is 22.9 Å². The summed E-state index contributed by atoms with van der Waals surface area (Å²) in [5.41, 5.74) is 3.50. The van der Waals surface area contributed by atoms with Gasteiger partial charge in [-0.05, 0) is 39.9 Å². The van der Waals surface area contributed by atoms with Crippen LogP contribution in [0, 0.1) is 5.92 Å². The second-order valence-corrected chi connectivity index (χ2v) is 5.97. The van der Waals surface area contributed by atoms with Crippen molar-refractivity contribution < 1.29 is 4.79 Å². The molecule has 86 valence electrons. The molecule has 0 unspecified atom stereocenters. The van der Waals surface area contributed by atoms with Crippen molar-refractivity contribution in [3.63, 3.8) is 0 Å². The lowest BCUT2D eigenvalue weighted by molar-refractivity contribution is 0.0924. The van der Waals surface area contributed by atoms with Gasteiger partial charge in [-0.3, -0.25) is 4.79 Å². The van der Waals surface area contributed by atoms with Crippen molar-refractivity contribution >= 4 is 33.0 Å². The Morgan fingerprint density at radius 2 is 1.82 bits per heavy atom. The zero-order valence-electron chi connectivity index (χ0n) is 9.15. The molecule has 3 rings (SSSR count). The lowest BCUT2D eigenvalue weighted by atomic mass is 9.97. The summed E-state index contributed by atoms with van der Waals surface area (Å²) >= 11 is 5.01. The number of benzene rings is 1. The van der Waals surface area contributed by atoms with Crippen LogP contribution in [-0.4, -0.2) is 5.78 Å². The molecule has 0 saturated heterocycles. The largest absolute Gasteiger partial charge is 0.294 e. The Morgan fingerprint density at radius 3 is 2.35 bits per heavy atom. The first-order valence-corrected chi connectivity index (χ1v) is 7.32. The van der Waals surface area contributed by atoms with Crippen molar-refractivity contribution in [1.82, 2.24) is 0 Å². The van der Waals surface area contributed by atoms with Crippen LogP contribution in [0.5, 0.6) is 0 Å². The van der Waals surface area contributed by atoms with E-state index >= 15 is 0 Å². The molecule has 3 heteroatoms. The second-order valence-electron chi connectivity index (χ2n) is 4.37. The summed E-state index contributed by atoms with van der Waals surface area (Å²) in [5.74, 6) is 0.396. The standard InChI is InChI=1S/C14H11BrOS/c15-13-8-17-7-12(13)14(16)11-5-9-3-1-2-4-10(9)6-11/h1-4,7-8,11H,5-6H2. The van der Waals surface area contributed by atoms with Crippen LogP contribution in [0.4, 0.5) is 0 Å². The Bertz CT molecular complexity index is 548. The van der Waals surface area contributed by atoms with Gasteiger partial charge in [-0.25, -0.2) is 0 Å². The molecule has 0 aliphatic heterocycles. The van der Waals surface area contributed by atoms with Gasteiger partial charge in [-0.2, -0.15) is 11.3 Å². The van der Waals surface area contributed by atoms with Gasteiger partial charge in [-0.1, -0.05) is 24.3 Å². The fourth-order valence-corrected chi connectivity index (χ4v) is 3.90. The number of carbonyl (C=O) groups is 1. The van der Waals surface area contributed by atoms with Gasteiger partial charge in [0.2, 0.25) is 0 Å². The van der Waals surface area contributed by atoms with E-state index in [0.29, 0.717) is 0 Å². The van der Waals surface area contributed by atoms with E-state index in [1.807, 2.05) is 22.9 Å². The first-order chi connectivity index (χ1) is 8.25. The number of carbonyl (C=O) groups excluding carboxylic acids is 1. The van der Waals surface area contributed by atoms with Crippen molar-refractivity contribution in [2.75, 3.05) is 0 Å². The summed E-state index contributed by atoms with van der Waals surface area (Å²) in [6.45, 7) is 0. The van der Waals surface area contributed by atoms with Gasteiger partial charge in [0.15, 0.2) is 5.78 Å². The number of ketones is 1. The van der Waals surface area contributed by atoms with E-state index in [2.05, 4.69) is 28.1 Å². The Kier molecular flexibility index (Phi) is 2.89. The molecule has 0 N–H and O–H groups in total. The van der Waals surface area contributed by atoms with Crippen LogP contribution in [0.2, 0.25) is 0 Å². The number of hydrogen-bond donors (Lipinski definition) is 0. The minimum absolute atomic E-state index is 0.123. The minimum Gasteiger partial charge on any atom is -0.294 e. The molecular formula is C14H11BrOS. The van der Waals surface area contributed by atoms with Crippen LogP contribution in [0.3, 0.4) is 0 Å². The van der Waals surface area contributed by atoms with E-state index in [1.54, 1.807) is 11.3 Å². The molecule has 1 aromatic heterocycles. The molecule has 17 heavy (non-hydrogen) atoms. The zero-order valence-corrected chi connectivity index (χ0v) is 11.6. The van der Waals surface area contributed by atoms with Gasteiger partial charge in [0.25, 0.3) is 0 Å². The summed E-state index contributed by atoms with van der Waals surface area (Å²) in [6, 6.07) is 8.36. The van der Waals surface area contributed by atoms with Gasteiger partial charge < -0.3 is 0 Å². The Morgan fingerprint density at radius 1 is 1.18 bits per heavy atom. The van der Waals surface area contributed by atoms with E-state index in [9.17, 15) is 4.79 Å². The van der Waals surface area contributed by atoms with Crippen molar-refractivity contribution in [3.05, 3.63) is 56.2 Å². The van der Waals surface area contributed by atoms with Gasteiger partial charge in [0, 0.05) is 26.7 Å². The highest BCUT2D eigenvalue weighted by atomic mass is 79.9. The number of fused-ring (bicyclic) bond motifs is 1. The number of rotatable bonds is 2. The van der Waals surface area contributed by atoms with Gasteiger partial charge >= 0.3 is 0 Å². The van der Waals surface area contributed by atoms with Crippen LogP contribution in [0.15, 0.2) is 39.5 Å².